The number of hydrogen-bond acceptors (Lipinski definition) is 6. The van der Waals surface area contributed by atoms with Crippen molar-refractivity contribution in [3.05, 3.63) is 60.9 Å². The normalized spacial score (nSPS) is 10.7. The topological polar surface area (TPSA) is 44.2 Å². The summed E-state index contributed by atoms with van der Waals surface area (Å²) in [7, 11) is 3.33. The minimum Gasteiger partial charge on any atom is -0.497 e. The monoisotopic (exact) mass is 380 g/mol. The third-order valence-corrected chi connectivity index (χ3v) is 6.22. The molecule has 2 aromatic carbocycles. The van der Waals surface area contributed by atoms with Crippen LogP contribution >= 0.6 is 22.7 Å². The van der Waals surface area contributed by atoms with Gasteiger partial charge in [-0.1, -0.05) is 0 Å². The second-order valence-electron chi connectivity index (χ2n) is 5.52. The van der Waals surface area contributed by atoms with Crippen LogP contribution in [0.5, 0.6) is 11.5 Å². The summed E-state index contributed by atoms with van der Waals surface area (Å²) in [5.74, 6) is 1.69. The van der Waals surface area contributed by atoms with Gasteiger partial charge < -0.3 is 9.47 Å². The third kappa shape index (κ3) is 3.34. The van der Waals surface area contributed by atoms with Crippen LogP contribution in [-0.4, -0.2) is 24.2 Å². The Kier molecular flexibility index (Phi) is 4.69. The van der Waals surface area contributed by atoms with E-state index in [0.717, 1.165) is 42.4 Å². The maximum atomic E-state index is 5.21. The Morgan fingerprint density at radius 1 is 0.615 bits per heavy atom. The van der Waals surface area contributed by atoms with E-state index in [9.17, 15) is 0 Å². The van der Waals surface area contributed by atoms with Crippen molar-refractivity contribution in [1.29, 1.82) is 0 Å². The van der Waals surface area contributed by atoms with E-state index in [-0.39, 0.29) is 0 Å². The highest BCUT2D eigenvalue weighted by molar-refractivity contribution is 7.24. The summed E-state index contributed by atoms with van der Waals surface area (Å²) in [4.78, 5) is 11.4. The smallest absolute Gasteiger partial charge is 0.123 e. The zero-order chi connectivity index (χ0) is 17.9. The SMILES string of the molecule is COc1ccc(-c2ncc(-c3cnc(-c4ccc(OC)cc4)s3)s2)cc1. The van der Waals surface area contributed by atoms with Crippen molar-refractivity contribution in [3.63, 3.8) is 0 Å². The van der Waals surface area contributed by atoms with Crippen LogP contribution < -0.4 is 9.47 Å². The molecule has 0 aliphatic heterocycles. The van der Waals surface area contributed by atoms with Crippen molar-refractivity contribution in [2.75, 3.05) is 14.2 Å². The average molecular weight is 380 g/mol. The van der Waals surface area contributed by atoms with Crippen LogP contribution in [0, 0.1) is 0 Å². The van der Waals surface area contributed by atoms with Crippen molar-refractivity contribution >= 4 is 22.7 Å². The summed E-state index contributed by atoms with van der Waals surface area (Å²) in [5.41, 5.74) is 2.17. The van der Waals surface area contributed by atoms with Crippen LogP contribution in [0.3, 0.4) is 0 Å². The van der Waals surface area contributed by atoms with Gasteiger partial charge in [-0.15, -0.1) is 22.7 Å². The maximum absolute atomic E-state index is 5.21. The second kappa shape index (κ2) is 7.27. The number of methoxy groups -OCH3 is 2. The first-order valence-corrected chi connectivity index (χ1v) is 9.61. The summed E-state index contributed by atoms with van der Waals surface area (Å²) in [6.45, 7) is 0. The summed E-state index contributed by atoms with van der Waals surface area (Å²) in [6.07, 6.45) is 3.82. The Hall–Kier alpha value is -2.70. The number of benzene rings is 2. The van der Waals surface area contributed by atoms with Gasteiger partial charge in [0.15, 0.2) is 0 Å². The van der Waals surface area contributed by atoms with E-state index in [4.69, 9.17) is 9.47 Å². The minimum absolute atomic E-state index is 0.845. The Labute approximate surface area is 159 Å². The van der Waals surface area contributed by atoms with E-state index in [1.165, 1.54) is 0 Å². The second-order valence-corrected chi connectivity index (χ2v) is 7.58. The van der Waals surface area contributed by atoms with Crippen LogP contribution in [0.4, 0.5) is 0 Å². The van der Waals surface area contributed by atoms with Crippen molar-refractivity contribution in [2.24, 2.45) is 0 Å². The molecule has 26 heavy (non-hydrogen) atoms. The van der Waals surface area contributed by atoms with E-state index in [2.05, 4.69) is 9.97 Å². The molecular formula is C20H16N2O2S2. The highest BCUT2D eigenvalue weighted by atomic mass is 32.1. The van der Waals surface area contributed by atoms with E-state index in [0.29, 0.717) is 0 Å². The van der Waals surface area contributed by atoms with Crippen LogP contribution in [0.25, 0.3) is 30.9 Å². The lowest BCUT2D eigenvalue weighted by atomic mass is 10.2. The van der Waals surface area contributed by atoms with Crippen LogP contribution in [0.1, 0.15) is 0 Å². The first-order chi connectivity index (χ1) is 12.8. The van der Waals surface area contributed by atoms with Gasteiger partial charge in [0.05, 0.1) is 24.0 Å². The van der Waals surface area contributed by atoms with E-state index in [1.807, 2.05) is 60.9 Å². The predicted octanol–water partition coefficient (Wildman–Crippen LogP) is 5.62. The van der Waals surface area contributed by atoms with Gasteiger partial charge in [-0.25, -0.2) is 9.97 Å². The lowest BCUT2D eigenvalue weighted by Crippen LogP contribution is -1.81. The number of ether oxygens (including phenoxy) is 2. The van der Waals surface area contributed by atoms with Crippen molar-refractivity contribution in [3.8, 4) is 42.4 Å². The molecule has 0 N–H and O–H groups in total. The predicted molar refractivity (Wildman–Crippen MR) is 107 cm³/mol. The molecule has 0 unspecified atom stereocenters. The highest BCUT2D eigenvalue weighted by Gasteiger charge is 2.11. The molecular weight excluding hydrogens is 364 g/mol. The molecule has 0 spiro atoms. The van der Waals surface area contributed by atoms with Gasteiger partial charge >= 0.3 is 0 Å². The molecule has 6 heteroatoms. The fourth-order valence-corrected chi connectivity index (χ4v) is 4.41. The lowest BCUT2D eigenvalue weighted by molar-refractivity contribution is 0.415. The van der Waals surface area contributed by atoms with Crippen LogP contribution in [0.2, 0.25) is 0 Å². The molecule has 0 aliphatic carbocycles. The highest BCUT2D eigenvalue weighted by Crippen LogP contribution is 2.38. The number of rotatable bonds is 5. The minimum atomic E-state index is 0.845. The summed E-state index contributed by atoms with van der Waals surface area (Å²) >= 11 is 3.33. The molecule has 2 heterocycles. The third-order valence-electron chi connectivity index (χ3n) is 3.93. The number of hydrogen-bond donors (Lipinski definition) is 0. The molecule has 4 aromatic rings. The van der Waals surface area contributed by atoms with Gasteiger partial charge in [-0.2, -0.15) is 0 Å². The molecule has 2 aromatic heterocycles. The van der Waals surface area contributed by atoms with Crippen molar-refractivity contribution in [2.45, 2.75) is 0 Å². The molecule has 130 valence electrons. The molecule has 4 nitrogen and oxygen atoms in total. The van der Waals surface area contributed by atoms with E-state index >= 15 is 0 Å². The molecule has 0 saturated carbocycles. The molecule has 0 radical (unpaired) electrons. The quantitative estimate of drug-likeness (QED) is 0.451. The molecule has 0 bridgehead atoms. The van der Waals surface area contributed by atoms with Gasteiger partial charge in [-0.3, -0.25) is 0 Å². The molecule has 0 amide bonds. The fourth-order valence-electron chi connectivity index (χ4n) is 2.51. The maximum Gasteiger partial charge on any atom is 0.123 e. The van der Waals surface area contributed by atoms with Crippen LogP contribution in [-0.2, 0) is 0 Å². The summed E-state index contributed by atoms with van der Waals surface area (Å²) in [5, 5.41) is 1.98. The lowest BCUT2D eigenvalue weighted by Gasteiger charge is -2.00. The first-order valence-electron chi connectivity index (χ1n) is 7.97. The molecule has 4 rings (SSSR count). The number of thiazole rings is 2. The van der Waals surface area contributed by atoms with Gasteiger partial charge in [0.1, 0.15) is 21.5 Å². The summed E-state index contributed by atoms with van der Waals surface area (Å²) < 4.78 is 10.4. The van der Waals surface area contributed by atoms with E-state index in [1.54, 1.807) is 36.9 Å². The first kappa shape index (κ1) is 16.8. The van der Waals surface area contributed by atoms with Crippen molar-refractivity contribution < 1.29 is 9.47 Å². The van der Waals surface area contributed by atoms with Crippen LogP contribution in [0.15, 0.2) is 60.9 Å². The molecule has 0 saturated heterocycles. The standard InChI is InChI=1S/C20H16N2O2S2/c1-23-15-7-3-13(4-8-15)19-21-11-17(25-19)18-12-22-20(26-18)14-5-9-16(24-2)10-6-14/h3-12H,1-2H3. The molecule has 0 aliphatic rings. The molecule has 0 atom stereocenters. The Balaban J connectivity index is 1.58. The fraction of sp³-hybridized carbons (Fsp3) is 0.100. The van der Waals surface area contributed by atoms with Crippen molar-refractivity contribution in [1.82, 2.24) is 9.97 Å². The number of aromatic nitrogens is 2. The Morgan fingerprint density at radius 2 is 1.00 bits per heavy atom. The Morgan fingerprint density at radius 3 is 1.35 bits per heavy atom. The van der Waals surface area contributed by atoms with E-state index < -0.39 is 0 Å². The zero-order valence-corrected chi connectivity index (χ0v) is 15.9. The van der Waals surface area contributed by atoms with Gasteiger partial charge in [0.2, 0.25) is 0 Å². The summed E-state index contributed by atoms with van der Waals surface area (Å²) in [6, 6.07) is 15.9. The Bertz CT molecular complexity index is 921. The largest absolute Gasteiger partial charge is 0.497 e. The molecule has 0 fully saturated rings. The van der Waals surface area contributed by atoms with Gasteiger partial charge in [-0.05, 0) is 48.5 Å². The van der Waals surface area contributed by atoms with Gasteiger partial charge in [0.25, 0.3) is 0 Å². The van der Waals surface area contributed by atoms with Gasteiger partial charge in [0, 0.05) is 23.5 Å². The average Bonchev–Trinajstić information content (AvgIpc) is 3.38. The zero-order valence-electron chi connectivity index (χ0n) is 14.3. The number of nitrogens with zero attached hydrogens (tertiary/aromatic N) is 2.